The molecule has 0 atom stereocenters. The predicted molar refractivity (Wildman–Crippen MR) is 121 cm³/mol. The molecule has 1 amide bonds. The van der Waals surface area contributed by atoms with Gasteiger partial charge in [0.25, 0.3) is 5.91 Å². The standard InChI is InChI=1S/C26H22N2O3/c29-26(27-15-14-18-16-28-23-12-6-4-10-20(18)23)25-22(17-30-19-8-2-1-3-9-19)21-11-5-7-13-24(21)31-25/h1-13,16,28H,14-15,17H2,(H,27,29). The lowest BCUT2D eigenvalue weighted by atomic mass is 10.1. The number of benzene rings is 3. The Balaban J connectivity index is 1.33. The number of carbonyl (C=O) groups is 1. The summed E-state index contributed by atoms with van der Waals surface area (Å²) in [5.74, 6) is 0.817. The maximum Gasteiger partial charge on any atom is 0.287 e. The maximum atomic E-state index is 13.0. The van der Waals surface area contributed by atoms with Crippen LogP contribution in [-0.2, 0) is 13.0 Å². The minimum Gasteiger partial charge on any atom is -0.489 e. The summed E-state index contributed by atoms with van der Waals surface area (Å²) < 4.78 is 11.8. The monoisotopic (exact) mass is 410 g/mol. The topological polar surface area (TPSA) is 67.3 Å². The molecule has 0 radical (unpaired) electrons. The van der Waals surface area contributed by atoms with Crippen molar-refractivity contribution in [2.75, 3.05) is 6.54 Å². The molecule has 5 aromatic rings. The van der Waals surface area contributed by atoms with E-state index < -0.39 is 0 Å². The first kappa shape index (κ1) is 19.0. The van der Waals surface area contributed by atoms with Crippen molar-refractivity contribution in [2.45, 2.75) is 13.0 Å². The van der Waals surface area contributed by atoms with Crippen LogP contribution in [0.1, 0.15) is 21.7 Å². The maximum absolute atomic E-state index is 13.0. The van der Waals surface area contributed by atoms with Gasteiger partial charge in [0.05, 0.1) is 0 Å². The smallest absolute Gasteiger partial charge is 0.287 e. The number of furan rings is 1. The van der Waals surface area contributed by atoms with Crippen molar-refractivity contribution in [3.8, 4) is 5.75 Å². The zero-order valence-corrected chi connectivity index (χ0v) is 16.9. The number of hydrogen-bond donors (Lipinski definition) is 2. The van der Waals surface area contributed by atoms with Crippen LogP contribution in [0, 0.1) is 0 Å². The number of carbonyl (C=O) groups excluding carboxylic acids is 1. The van der Waals surface area contributed by atoms with Crippen LogP contribution in [0.4, 0.5) is 0 Å². The molecule has 154 valence electrons. The molecule has 0 aliphatic heterocycles. The Morgan fingerprint density at radius 1 is 0.903 bits per heavy atom. The number of amides is 1. The summed E-state index contributed by atoms with van der Waals surface area (Å²) in [7, 11) is 0. The fourth-order valence-electron chi connectivity index (χ4n) is 3.83. The number of nitrogens with one attached hydrogen (secondary N) is 2. The van der Waals surface area contributed by atoms with Gasteiger partial charge in [0.15, 0.2) is 5.76 Å². The van der Waals surface area contributed by atoms with Crippen LogP contribution in [0.2, 0.25) is 0 Å². The molecule has 5 heteroatoms. The Hall–Kier alpha value is -3.99. The summed E-state index contributed by atoms with van der Waals surface area (Å²) in [6.45, 7) is 0.767. The van der Waals surface area contributed by atoms with E-state index >= 15 is 0 Å². The number of aromatic amines is 1. The minimum atomic E-state index is -0.234. The van der Waals surface area contributed by atoms with Gasteiger partial charge in [-0.15, -0.1) is 0 Å². The average molecular weight is 410 g/mol. The molecule has 5 rings (SSSR count). The quantitative estimate of drug-likeness (QED) is 0.374. The molecule has 0 fully saturated rings. The van der Waals surface area contributed by atoms with Crippen molar-refractivity contribution in [2.24, 2.45) is 0 Å². The number of para-hydroxylation sites is 3. The van der Waals surface area contributed by atoms with Gasteiger partial charge < -0.3 is 19.5 Å². The summed E-state index contributed by atoms with van der Waals surface area (Å²) in [5.41, 5.74) is 3.70. The molecule has 31 heavy (non-hydrogen) atoms. The van der Waals surface area contributed by atoms with E-state index in [1.807, 2.05) is 79.0 Å². The van der Waals surface area contributed by atoms with Gasteiger partial charge in [-0.05, 0) is 36.2 Å². The van der Waals surface area contributed by atoms with Gasteiger partial charge in [-0.3, -0.25) is 4.79 Å². The molecular formula is C26H22N2O3. The van der Waals surface area contributed by atoms with Gasteiger partial charge in [-0.2, -0.15) is 0 Å². The van der Waals surface area contributed by atoms with Crippen molar-refractivity contribution >= 4 is 27.8 Å². The molecular weight excluding hydrogens is 388 g/mol. The van der Waals surface area contributed by atoms with Crippen molar-refractivity contribution in [3.05, 3.63) is 102 Å². The third-order valence-corrected chi connectivity index (χ3v) is 5.39. The van der Waals surface area contributed by atoms with Crippen LogP contribution in [0.3, 0.4) is 0 Å². The second kappa shape index (κ2) is 8.40. The lowest BCUT2D eigenvalue weighted by Crippen LogP contribution is -2.26. The molecule has 2 heterocycles. The minimum absolute atomic E-state index is 0.234. The Kier molecular flexibility index (Phi) is 5.15. The molecule has 0 spiro atoms. The van der Waals surface area contributed by atoms with Crippen molar-refractivity contribution in [1.82, 2.24) is 10.3 Å². The van der Waals surface area contributed by atoms with E-state index in [0.717, 1.165) is 28.6 Å². The number of rotatable bonds is 7. The van der Waals surface area contributed by atoms with Gasteiger partial charge >= 0.3 is 0 Å². The van der Waals surface area contributed by atoms with Crippen LogP contribution < -0.4 is 10.1 Å². The summed E-state index contributed by atoms with van der Waals surface area (Å²) in [4.78, 5) is 16.2. The molecule has 0 aliphatic rings. The highest BCUT2D eigenvalue weighted by molar-refractivity contribution is 5.99. The van der Waals surface area contributed by atoms with E-state index in [4.69, 9.17) is 9.15 Å². The van der Waals surface area contributed by atoms with E-state index in [9.17, 15) is 4.79 Å². The van der Waals surface area contributed by atoms with Crippen LogP contribution >= 0.6 is 0 Å². The van der Waals surface area contributed by atoms with Crippen LogP contribution in [0.15, 0.2) is 89.5 Å². The van der Waals surface area contributed by atoms with Gasteiger partial charge in [0.1, 0.15) is 17.9 Å². The third kappa shape index (κ3) is 3.90. The SMILES string of the molecule is O=C(NCCc1c[nH]c2ccccc12)c1oc2ccccc2c1COc1ccccc1. The van der Waals surface area contributed by atoms with Crippen LogP contribution in [-0.4, -0.2) is 17.4 Å². The number of ether oxygens (including phenoxy) is 1. The zero-order valence-electron chi connectivity index (χ0n) is 16.9. The van der Waals surface area contributed by atoms with Crippen molar-refractivity contribution in [1.29, 1.82) is 0 Å². The fraction of sp³-hybridized carbons (Fsp3) is 0.115. The summed E-state index contributed by atoms with van der Waals surface area (Å²) >= 11 is 0. The van der Waals surface area contributed by atoms with E-state index in [2.05, 4.69) is 16.4 Å². The molecule has 0 saturated carbocycles. The number of aromatic nitrogens is 1. The molecule has 2 N–H and O–H groups in total. The molecule has 5 nitrogen and oxygen atoms in total. The first-order valence-electron chi connectivity index (χ1n) is 10.3. The molecule has 0 saturated heterocycles. The van der Waals surface area contributed by atoms with Crippen LogP contribution in [0.25, 0.3) is 21.9 Å². The molecule has 0 aliphatic carbocycles. The summed E-state index contributed by atoms with van der Waals surface area (Å²) in [6.07, 6.45) is 2.73. The normalized spacial score (nSPS) is 11.1. The van der Waals surface area contributed by atoms with Crippen molar-refractivity contribution < 1.29 is 13.9 Å². The second-order valence-electron chi connectivity index (χ2n) is 7.37. The number of H-pyrrole nitrogens is 1. The lowest BCUT2D eigenvalue weighted by Gasteiger charge is -2.08. The first-order valence-corrected chi connectivity index (χ1v) is 10.3. The molecule has 0 unspecified atom stereocenters. The molecule has 3 aromatic carbocycles. The van der Waals surface area contributed by atoms with E-state index in [-0.39, 0.29) is 12.5 Å². The van der Waals surface area contributed by atoms with Gasteiger partial charge in [0, 0.05) is 34.6 Å². The highest BCUT2D eigenvalue weighted by Gasteiger charge is 2.21. The highest BCUT2D eigenvalue weighted by atomic mass is 16.5. The first-order chi connectivity index (χ1) is 15.3. The Labute approximate surface area is 179 Å². The second-order valence-corrected chi connectivity index (χ2v) is 7.37. The Bertz CT molecular complexity index is 1330. The van der Waals surface area contributed by atoms with E-state index in [0.29, 0.717) is 17.9 Å². The van der Waals surface area contributed by atoms with Crippen molar-refractivity contribution in [3.63, 3.8) is 0 Å². The molecule has 0 bridgehead atoms. The fourth-order valence-corrected chi connectivity index (χ4v) is 3.83. The van der Waals surface area contributed by atoms with E-state index in [1.165, 1.54) is 10.9 Å². The average Bonchev–Trinajstić information content (AvgIpc) is 3.40. The third-order valence-electron chi connectivity index (χ3n) is 5.39. The summed E-state index contributed by atoms with van der Waals surface area (Å²) in [5, 5.41) is 5.07. The zero-order chi connectivity index (χ0) is 21.0. The number of hydrogen-bond acceptors (Lipinski definition) is 3. The summed E-state index contributed by atoms with van der Waals surface area (Å²) in [6, 6.07) is 25.4. The lowest BCUT2D eigenvalue weighted by molar-refractivity contribution is 0.0925. The highest BCUT2D eigenvalue weighted by Crippen LogP contribution is 2.27. The van der Waals surface area contributed by atoms with Crippen LogP contribution in [0.5, 0.6) is 5.75 Å². The largest absolute Gasteiger partial charge is 0.489 e. The predicted octanol–water partition coefficient (Wildman–Crippen LogP) is 5.47. The Morgan fingerprint density at radius 2 is 1.65 bits per heavy atom. The van der Waals surface area contributed by atoms with Gasteiger partial charge in [-0.1, -0.05) is 54.6 Å². The Morgan fingerprint density at radius 3 is 2.52 bits per heavy atom. The molecule has 2 aromatic heterocycles. The number of fused-ring (bicyclic) bond motifs is 2. The van der Waals surface area contributed by atoms with Gasteiger partial charge in [0.2, 0.25) is 0 Å². The van der Waals surface area contributed by atoms with E-state index in [1.54, 1.807) is 0 Å². The van der Waals surface area contributed by atoms with Gasteiger partial charge in [-0.25, -0.2) is 0 Å².